The Morgan fingerprint density at radius 2 is 2.16 bits per heavy atom. The van der Waals surface area contributed by atoms with Crippen molar-refractivity contribution in [3.8, 4) is 0 Å². The minimum absolute atomic E-state index is 0.0546. The average molecular weight is 263 g/mol. The number of hydrogen-bond donors (Lipinski definition) is 2. The molecule has 2 rings (SSSR count). The van der Waals surface area contributed by atoms with Crippen molar-refractivity contribution in [3.05, 3.63) is 17.8 Å². The highest BCUT2D eigenvalue weighted by Crippen LogP contribution is 2.19. The van der Waals surface area contributed by atoms with E-state index in [1.807, 2.05) is 6.07 Å². The monoisotopic (exact) mass is 263 g/mol. The largest absolute Gasteiger partial charge is 0.367 e. The quantitative estimate of drug-likeness (QED) is 0.855. The van der Waals surface area contributed by atoms with Crippen LogP contribution in [-0.2, 0) is 5.41 Å². The first-order chi connectivity index (χ1) is 8.97. The van der Waals surface area contributed by atoms with Gasteiger partial charge in [0.2, 0.25) is 0 Å². The Balaban J connectivity index is 1.89. The van der Waals surface area contributed by atoms with Gasteiger partial charge in [-0.25, -0.2) is 0 Å². The molecule has 1 atom stereocenters. The highest BCUT2D eigenvalue weighted by atomic mass is 15.2. The van der Waals surface area contributed by atoms with Crippen molar-refractivity contribution < 1.29 is 0 Å². The number of aromatic nitrogens is 2. The van der Waals surface area contributed by atoms with E-state index < -0.39 is 0 Å². The van der Waals surface area contributed by atoms with Crippen LogP contribution < -0.4 is 10.6 Å². The molecule has 1 saturated heterocycles. The van der Waals surface area contributed by atoms with Crippen LogP contribution in [-0.4, -0.2) is 54.4 Å². The maximum atomic E-state index is 4.29. The highest BCUT2D eigenvalue weighted by molar-refractivity contribution is 5.34. The van der Waals surface area contributed by atoms with E-state index in [4.69, 9.17) is 0 Å². The molecule has 0 bridgehead atoms. The molecule has 5 heteroatoms. The van der Waals surface area contributed by atoms with Gasteiger partial charge in [-0.1, -0.05) is 20.8 Å². The maximum absolute atomic E-state index is 4.29. The first-order valence-electron chi connectivity index (χ1n) is 6.96. The molecule has 1 aromatic heterocycles. The summed E-state index contributed by atoms with van der Waals surface area (Å²) in [4.78, 5) is 2.38. The summed E-state index contributed by atoms with van der Waals surface area (Å²) >= 11 is 0. The van der Waals surface area contributed by atoms with Crippen LogP contribution in [0.5, 0.6) is 0 Å². The summed E-state index contributed by atoms with van der Waals surface area (Å²) in [5, 5.41) is 15.3. The van der Waals surface area contributed by atoms with Gasteiger partial charge in [0, 0.05) is 37.6 Å². The SMILES string of the molecule is CN1CCNCC1CNc1ccc(C(C)(C)C)nn1. The Morgan fingerprint density at radius 3 is 2.74 bits per heavy atom. The van der Waals surface area contributed by atoms with Crippen LogP contribution in [0.15, 0.2) is 12.1 Å². The van der Waals surface area contributed by atoms with E-state index >= 15 is 0 Å². The van der Waals surface area contributed by atoms with E-state index in [0.29, 0.717) is 6.04 Å². The second kappa shape index (κ2) is 5.84. The van der Waals surface area contributed by atoms with E-state index in [1.165, 1.54) is 0 Å². The van der Waals surface area contributed by atoms with Gasteiger partial charge in [-0.05, 0) is 19.2 Å². The molecular weight excluding hydrogens is 238 g/mol. The average Bonchev–Trinajstić information content (AvgIpc) is 2.37. The topological polar surface area (TPSA) is 53.1 Å². The Morgan fingerprint density at radius 1 is 1.37 bits per heavy atom. The van der Waals surface area contributed by atoms with Crippen LogP contribution in [0.1, 0.15) is 26.5 Å². The zero-order chi connectivity index (χ0) is 13.9. The van der Waals surface area contributed by atoms with E-state index in [-0.39, 0.29) is 5.41 Å². The van der Waals surface area contributed by atoms with Crippen molar-refractivity contribution in [1.82, 2.24) is 20.4 Å². The van der Waals surface area contributed by atoms with Crippen LogP contribution in [0.4, 0.5) is 5.82 Å². The van der Waals surface area contributed by atoms with Crippen LogP contribution in [0.2, 0.25) is 0 Å². The Bertz CT molecular complexity index is 395. The fourth-order valence-electron chi connectivity index (χ4n) is 2.14. The number of rotatable bonds is 3. The van der Waals surface area contributed by atoms with E-state index in [0.717, 1.165) is 37.7 Å². The normalized spacial score (nSPS) is 21.4. The number of hydrogen-bond acceptors (Lipinski definition) is 5. The molecule has 1 aliphatic heterocycles. The molecule has 0 aromatic carbocycles. The fraction of sp³-hybridized carbons (Fsp3) is 0.714. The molecule has 2 N–H and O–H groups in total. The fourth-order valence-corrected chi connectivity index (χ4v) is 2.14. The molecule has 1 aromatic rings. The van der Waals surface area contributed by atoms with Gasteiger partial charge in [0.05, 0.1) is 5.69 Å². The molecule has 0 amide bonds. The van der Waals surface area contributed by atoms with E-state index in [2.05, 4.69) is 59.6 Å². The lowest BCUT2D eigenvalue weighted by Crippen LogP contribution is -2.52. The van der Waals surface area contributed by atoms with Crippen molar-refractivity contribution in [2.75, 3.05) is 38.5 Å². The molecule has 0 saturated carbocycles. The molecule has 106 valence electrons. The number of likely N-dealkylation sites (N-methyl/N-ethyl adjacent to an activating group) is 1. The molecule has 0 spiro atoms. The molecular formula is C14H25N5. The summed E-state index contributed by atoms with van der Waals surface area (Å²) in [5.74, 6) is 0.854. The second-order valence-electron chi connectivity index (χ2n) is 6.27. The van der Waals surface area contributed by atoms with Gasteiger partial charge in [0.25, 0.3) is 0 Å². The van der Waals surface area contributed by atoms with Crippen molar-refractivity contribution in [1.29, 1.82) is 0 Å². The standard InChI is InChI=1S/C14H25N5/c1-14(2,3)12-5-6-13(18-17-12)16-10-11-9-15-7-8-19(11)4/h5-6,11,15H,7-10H2,1-4H3,(H,16,18). The second-order valence-corrected chi connectivity index (χ2v) is 6.27. The summed E-state index contributed by atoms with van der Waals surface area (Å²) < 4.78 is 0. The van der Waals surface area contributed by atoms with Crippen LogP contribution in [0.25, 0.3) is 0 Å². The highest BCUT2D eigenvalue weighted by Gasteiger charge is 2.19. The Labute approximate surface area is 115 Å². The Kier molecular flexibility index (Phi) is 4.37. The molecule has 2 heterocycles. The van der Waals surface area contributed by atoms with Gasteiger partial charge in [-0.15, -0.1) is 5.10 Å². The molecule has 1 fully saturated rings. The molecule has 19 heavy (non-hydrogen) atoms. The van der Waals surface area contributed by atoms with Crippen LogP contribution in [0, 0.1) is 0 Å². The van der Waals surface area contributed by atoms with Crippen molar-refractivity contribution in [3.63, 3.8) is 0 Å². The van der Waals surface area contributed by atoms with Gasteiger partial charge in [0.1, 0.15) is 5.82 Å². The van der Waals surface area contributed by atoms with Gasteiger partial charge in [-0.2, -0.15) is 5.10 Å². The predicted octanol–water partition coefficient (Wildman–Crippen LogP) is 1.09. The van der Waals surface area contributed by atoms with Gasteiger partial charge in [-0.3, -0.25) is 4.90 Å². The summed E-state index contributed by atoms with van der Waals surface area (Å²) in [6, 6.07) is 4.58. The summed E-state index contributed by atoms with van der Waals surface area (Å²) in [6.07, 6.45) is 0. The summed E-state index contributed by atoms with van der Waals surface area (Å²) in [7, 11) is 2.17. The number of anilines is 1. The predicted molar refractivity (Wildman–Crippen MR) is 78.5 cm³/mol. The van der Waals surface area contributed by atoms with Gasteiger partial charge < -0.3 is 10.6 Å². The number of nitrogens with one attached hydrogen (secondary N) is 2. The number of piperazine rings is 1. The molecule has 5 nitrogen and oxygen atoms in total. The number of nitrogens with zero attached hydrogens (tertiary/aromatic N) is 3. The zero-order valence-electron chi connectivity index (χ0n) is 12.4. The first-order valence-corrected chi connectivity index (χ1v) is 6.96. The van der Waals surface area contributed by atoms with Crippen molar-refractivity contribution >= 4 is 5.82 Å². The third kappa shape index (κ3) is 3.88. The third-order valence-corrected chi connectivity index (χ3v) is 3.60. The van der Waals surface area contributed by atoms with Crippen molar-refractivity contribution in [2.24, 2.45) is 0 Å². The van der Waals surface area contributed by atoms with Gasteiger partial charge in [0.15, 0.2) is 0 Å². The minimum Gasteiger partial charge on any atom is -0.367 e. The maximum Gasteiger partial charge on any atom is 0.148 e. The Hall–Kier alpha value is -1.20. The summed E-state index contributed by atoms with van der Waals surface area (Å²) in [6.45, 7) is 10.5. The van der Waals surface area contributed by atoms with E-state index in [9.17, 15) is 0 Å². The lowest BCUT2D eigenvalue weighted by atomic mass is 9.92. The first kappa shape index (κ1) is 14.2. The molecule has 1 unspecified atom stereocenters. The lowest BCUT2D eigenvalue weighted by Gasteiger charge is -2.33. The molecule has 0 aliphatic carbocycles. The van der Waals surface area contributed by atoms with Crippen LogP contribution >= 0.6 is 0 Å². The minimum atomic E-state index is 0.0546. The van der Waals surface area contributed by atoms with Crippen LogP contribution in [0.3, 0.4) is 0 Å². The zero-order valence-corrected chi connectivity index (χ0v) is 12.4. The lowest BCUT2D eigenvalue weighted by molar-refractivity contribution is 0.209. The summed E-state index contributed by atoms with van der Waals surface area (Å²) in [5.41, 5.74) is 1.08. The smallest absolute Gasteiger partial charge is 0.148 e. The third-order valence-electron chi connectivity index (χ3n) is 3.60. The van der Waals surface area contributed by atoms with Gasteiger partial charge >= 0.3 is 0 Å². The molecule has 1 aliphatic rings. The van der Waals surface area contributed by atoms with E-state index in [1.54, 1.807) is 0 Å². The molecule has 0 radical (unpaired) electrons. The van der Waals surface area contributed by atoms with Crippen molar-refractivity contribution in [2.45, 2.75) is 32.2 Å².